The van der Waals surface area contributed by atoms with Crippen molar-refractivity contribution in [3.63, 3.8) is 0 Å². The quantitative estimate of drug-likeness (QED) is 0.668. The zero-order valence-corrected chi connectivity index (χ0v) is 13.1. The molecule has 0 amide bonds. The van der Waals surface area contributed by atoms with Gasteiger partial charge in [-0.3, -0.25) is 0 Å². The van der Waals surface area contributed by atoms with E-state index in [1.165, 1.54) is 11.1 Å². The number of hydrogen-bond donors (Lipinski definition) is 0. The third kappa shape index (κ3) is 1.87. The van der Waals surface area contributed by atoms with Crippen molar-refractivity contribution in [1.82, 2.24) is 0 Å². The van der Waals surface area contributed by atoms with E-state index in [0.29, 0.717) is 8.45 Å². The molecule has 0 heterocycles. The van der Waals surface area contributed by atoms with Gasteiger partial charge in [-0.15, -0.1) is 0 Å². The Morgan fingerprint density at radius 2 is 1.15 bits per heavy atom. The first-order valence-electron chi connectivity index (χ1n) is 7.22. The molecule has 4 rings (SSSR count). The Hall–Kier alpha value is -1.37. The minimum atomic E-state index is -1.26. The number of fused-ring (bicyclic) bond motifs is 2. The molecule has 20 heavy (non-hydrogen) atoms. The summed E-state index contributed by atoms with van der Waals surface area (Å²) in [6.45, 7) is 0. The standard InChI is InChI=1S/2C9H7.CH3.Ti/c2*1-2-5-9-7-3-6-8(9)4-1;;/h2*1-7H;1H3;. The molecule has 1 heteroatoms. The topological polar surface area (TPSA) is 0 Å². The molecule has 2 aliphatic rings. The van der Waals surface area contributed by atoms with E-state index in [4.69, 9.17) is 0 Å². The maximum absolute atomic E-state index is 2.55. The number of benzene rings is 2. The van der Waals surface area contributed by atoms with Crippen LogP contribution in [-0.2, 0) is 17.9 Å². The summed E-state index contributed by atoms with van der Waals surface area (Å²) >= 11 is -1.26. The van der Waals surface area contributed by atoms with Crippen molar-refractivity contribution in [3.05, 3.63) is 82.9 Å². The summed E-state index contributed by atoms with van der Waals surface area (Å²) < 4.78 is 1.40. The second kappa shape index (κ2) is 4.88. The Bertz CT molecular complexity index is 650. The molecule has 0 bridgehead atoms. The van der Waals surface area contributed by atoms with Gasteiger partial charge in [-0.2, -0.15) is 0 Å². The summed E-state index contributed by atoms with van der Waals surface area (Å²) in [6, 6.07) is 17.8. The van der Waals surface area contributed by atoms with Crippen LogP contribution in [-0.4, -0.2) is 0 Å². The van der Waals surface area contributed by atoms with E-state index in [-0.39, 0.29) is 0 Å². The summed E-state index contributed by atoms with van der Waals surface area (Å²) in [6.07, 6.45) is 9.55. The zero-order chi connectivity index (χ0) is 13.5. The van der Waals surface area contributed by atoms with Crippen LogP contribution >= 0.6 is 0 Å². The van der Waals surface area contributed by atoms with E-state index in [1.807, 2.05) is 0 Å². The number of rotatable bonds is 2. The molecule has 97 valence electrons. The molecular weight excluding hydrogens is 276 g/mol. The third-order valence-corrected chi connectivity index (χ3v) is 9.22. The third-order valence-electron chi connectivity index (χ3n) is 4.58. The normalized spacial score (nSPS) is 21.9. The van der Waals surface area contributed by atoms with Gasteiger partial charge < -0.3 is 0 Å². The molecule has 2 unspecified atom stereocenters. The summed E-state index contributed by atoms with van der Waals surface area (Å²) in [5.74, 6) is 0. The van der Waals surface area contributed by atoms with Crippen LogP contribution in [0.5, 0.6) is 0 Å². The molecule has 0 radical (unpaired) electrons. The fraction of sp³-hybridized carbons (Fsp3) is 0.158. The van der Waals surface area contributed by atoms with Crippen molar-refractivity contribution in [3.8, 4) is 0 Å². The van der Waals surface area contributed by atoms with Crippen molar-refractivity contribution < 1.29 is 17.9 Å². The molecule has 2 aromatic carbocycles. The number of hydrogen-bond acceptors (Lipinski definition) is 0. The van der Waals surface area contributed by atoms with Crippen LogP contribution in [0.4, 0.5) is 0 Å². The first kappa shape index (κ1) is 12.4. The Morgan fingerprint density at radius 1 is 0.700 bits per heavy atom. The second-order valence-electron chi connectivity index (χ2n) is 5.68. The number of allylic oxidation sites excluding steroid dienone is 2. The summed E-state index contributed by atoms with van der Waals surface area (Å²) in [4.78, 5) is 0. The summed E-state index contributed by atoms with van der Waals surface area (Å²) in [5, 5.41) is 2.55. The van der Waals surface area contributed by atoms with Gasteiger partial charge in [0.05, 0.1) is 0 Å². The van der Waals surface area contributed by atoms with Gasteiger partial charge in [0.2, 0.25) is 0 Å². The van der Waals surface area contributed by atoms with E-state index in [2.05, 4.69) is 78.1 Å². The molecule has 0 nitrogen and oxygen atoms in total. The van der Waals surface area contributed by atoms with Crippen molar-refractivity contribution in [2.45, 2.75) is 13.7 Å². The van der Waals surface area contributed by atoms with Gasteiger partial charge in [0.1, 0.15) is 0 Å². The minimum absolute atomic E-state index is 0.701. The molecule has 0 saturated heterocycles. The first-order chi connectivity index (χ1) is 9.84. The van der Waals surface area contributed by atoms with Crippen molar-refractivity contribution in [1.29, 1.82) is 0 Å². The molecular formula is C19H17Ti. The van der Waals surface area contributed by atoms with Crippen LogP contribution in [0.15, 0.2) is 60.7 Å². The zero-order valence-electron chi connectivity index (χ0n) is 11.6. The fourth-order valence-electron chi connectivity index (χ4n) is 3.49. The second-order valence-corrected chi connectivity index (χ2v) is 9.94. The molecule has 0 saturated carbocycles. The van der Waals surface area contributed by atoms with Crippen LogP contribution in [0.2, 0.25) is 5.23 Å². The van der Waals surface area contributed by atoms with Gasteiger partial charge in [-0.25, -0.2) is 0 Å². The first-order valence-corrected chi connectivity index (χ1v) is 10.6. The van der Waals surface area contributed by atoms with Crippen LogP contribution in [0, 0.1) is 0 Å². The maximum atomic E-state index is 2.55. The Morgan fingerprint density at radius 3 is 1.65 bits per heavy atom. The van der Waals surface area contributed by atoms with Crippen LogP contribution in [0.25, 0.3) is 12.2 Å². The van der Waals surface area contributed by atoms with Gasteiger partial charge >= 0.3 is 127 Å². The molecule has 2 atom stereocenters. The molecule has 0 spiro atoms. The van der Waals surface area contributed by atoms with Gasteiger partial charge in [0.15, 0.2) is 0 Å². The van der Waals surface area contributed by atoms with Crippen molar-refractivity contribution >= 4 is 12.2 Å². The Balaban J connectivity index is 1.69. The summed E-state index contributed by atoms with van der Waals surface area (Å²) in [5.41, 5.74) is 5.98. The van der Waals surface area contributed by atoms with E-state index in [0.717, 1.165) is 0 Å². The molecule has 0 aliphatic heterocycles. The SMILES string of the molecule is [CH3][Ti]([CH]1C=Cc2ccccc21)[CH]1C=Cc2ccccc21. The van der Waals surface area contributed by atoms with Crippen LogP contribution in [0.3, 0.4) is 0 Å². The summed E-state index contributed by atoms with van der Waals surface area (Å²) in [7, 11) is 0. The van der Waals surface area contributed by atoms with Gasteiger partial charge in [-0.05, 0) is 0 Å². The van der Waals surface area contributed by atoms with E-state index < -0.39 is 17.9 Å². The monoisotopic (exact) mass is 293 g/mol. The van der Waals surface area contributed by atoms with Crippen LogP contribution in [0.1, 0.15) is 30.7 Å². The molecule has 2 aromatic rings. The van der Waals surface area contributed by atoms with E-state index >= 15 is 0 Å². The Kier molecular flexibility index (Phi) is 3.02. The average Bonchev–Trinajstić information content (AvgIpc) is 3.11. The molecule has 0 aromatic heterocycles. The van der Waals surface area contributed by atoms with Crippen molar-refractivity contribution in [2.75, 3.05) is 0 Å². The van der Waals surface area contributed by atoms with Gasteiger partial charge in [0, 0.05) is 0 Å². The predicted octanol–water partition coefficient (Wildman–Crippen LogP) is 5.19. The molecule has 0 N–H and O–H groups in total. The van der Waals surface area contributed by atoms with E-state index in [1.54, 1.807) is 11.1 Å². The average molecular weight is 293 g/mol. The molecule has 0 fully saturated rings. The fourth-order valence-corrected chi connectivity index (χ4v) is 7.69. The van der Waals surface area contributed by atoms with Gasteiger partial charge in [0.25, 0.3) is 0 Å². The Labute approximate surface area is 126 Å². The molecule has 2 aliphatic carbocycles. The van der Waals surface area contributed by atoms with E-state index in [9.17, 15) is 0 Å². The van der Waals surface area contributed by atoms with Crippen molar-refractivity contribution in [2.24, 2.45) is 0 Å². The van der Waals surface area contributed by atoms with Crippen LogP contribution < -0.4 is 0 Å². The van der Waals surface area contributed by atoms with Gasteiger partial charge in [-0.1, -0.05) is 0 Å². The predicted molar refractivity (Wildman–Crippen MR) is 82.3 cm³/mol.